The molecule has 1 aromatic heterocycles. The SMILES string of the molecule is CCOC(=O)c1c(NC(=O)Nc2ccc(Cl)c(Cl)c2)sc(C(C)=O)c1C. The molecule has 0 fully saturated rings. The second kappa shape index (κ2) is 8.53. The number of ketones is 1. The van der Waals surface area contributed by atoms with Gasteiger partial charge in [-0.1, -0.05) is 23.2 Å². The first kappa shape index (κ1) is 20.2. The van der Waals surface area contributed by atoms with Gasteiger partial charge in [-0.15, -0.1) is 11.3 Å². The average molecular weight is 415 g/mol. The molecule has 0 atom stereocenters. The molecule has 1 aromatic carbocycles. The first-order valence-electron chi connectivity index (χ1n) is 7.59. The highest BCUT2D eigenvalue weighted by Crippen LogP contribution is 2.34. The molecule has 9 heteroatoms. The van der Waals surface area contributed by atoms with E-state index in [1.807, 2.05) is 0 Å². The van der Waals surface area contributed by atoms with Gasteiger partial charge in [-0.05, 0) is 44.5 Å². The predicted molar refractivity (Wildman–Crippen MR) is 104 cm³/mol. The summed E-state index contributed by atoms with van der Waals surface area (Å²) in [5.41, 5.74) is 1.08. The van der Waals surface area contributed by atoms with Crippen molar-refractivity contribution in [3.8, 4) is 0 Å². The summed E-state index contributed by atoms with van der Waals surface area (Å²) < 4.78 is 5.02. The Kier molecular flexibility index (Phi) is 6.63. The molecule has 1 heterocycles. The van der Waals surface area contributed by atoms with Gasteiger partial charge in [-0.3, -0.25) is 10.1 Å². The third kappa shape index (κ3) is 4.55. The van der Waals surface area contributed by atoms with E-state index in [2.05, 4.69) is 10.6 Å². The zero-order valence-corrected chi connectivity index (χ0v) is 16.6. The van der Waals surface area contributed by atoms with E-state index in [9.17, 15) is 14.4 Å². The quantitative estimate of drug-likeness (QED) is 0.507. The number of esters is 1. The average Bonchev–Trinajstić information content (AvgIpc) is 2.87. The fourth-order valence-electron chi connectivity index (χ4n) is 2.23. The molecule has 0 saturated heterocycles. The van der Waals surface area contributed by atoms with E-state index < -0.39 is 12.0 Å². The van der Waals surface area contributed by atoms with Crippen LogP contribution in [0.4, 0.5) is 15.5 Å². The van der Waals surface area contributed by atoms with Gasteiger partial charge in [0.05, 0.1) is 27.1 Å². The van der Waals surface area contributed by atoms with Gasteiger partial charge >= 0.3 is 12.0 Å². The zero-order valence-electron chi connectivity index (χ0n) is 14.2. The molecule has 6 nitrogen and oxygen atoms in total. The second-order valence-corrected chi connectivity index (χ2v) is 7.08. The van der Waals surface area contributed by atoms with E-state index in [-0.39, 0.29) is 23.0 Å². The van der Waals surface area contributed by atoms with Crippen LogP contribution in [0, 0.1) is 6.92 Å². The lowest BCUT2D eigenvalue weighted by atomic mass is 10.1. The topological polar surface area (TPSA) is 84.5 Å². The van der Waals surface area contributed by atoms with Crippen molar-refractivity contribution in [2.24, 2.45) is 0 Å². The molecule has 0 saturated carbocycles. The van der Waals surface area contributed by atoms with E-state index >= 15 is 0 Å². The van der Waals surface area contributed by atoms with E-state index in [1.165, 1.54) is 13.0 Å². The summed E-state index contributed by atoms with van der Waals surface area (Å²) in [7, 11) is 0. The van der Waals surface area contributed by atoms with Gasteiger partial charge in [0.2, 0.25) is 0 Å². The summed E-state index contributed by atoms with van der Waals surface area (Å²) in [5, 5.41) is 6.08. The Balaban J connectivity index is 2.27. The van der Waals surface area contributed by atoms with E-state index in [1.54, 1.807) is 26.0 Å². The standard InChI is InChI=1S/C17H16Cl2N2O4S/c1-4-25-16(23)13-8(2)14(9(3)22)26-15(13)21-17(24)20-10-5-6-11(18)12(19)7-10/h5-7H,4H2,1-3H3,(H2,20,21,24). The molecule has 0 bridgehead atoms. The molecule has 2 aromatic rings. The van der Waals surface area contributed by atoms with Gasteiger partial charge in [-0.25, -0.2) is 9.59 Å². The first-order valence-corrected chi connectivity index (χ1v) is 9.16. The van der Waals surface area contributed by atoms with Crippen LogP contribution in [0.3, 0.4) is 0 Å². The van der Waals surface area contributed by atoms with Crippen molar-refractivity contribution in [2.45, 2.75) is 20.8 Å². The van der Waals surface area contributed by atoms with Crippen molar-refractivity contribution in [1.29, 1.82) is 0 Å². The van der Waals surface area contributed by atoms with Crippen LogP contribution < -0.4 is 10.6 Å². The van der Waals surface area contributed by atoms with Crippen LogP contribution in [0.2, 0.25) is 10.0 Å². The molecule has 0 unspecified atom stereocenters. The fraction of sp³-hybridized carbons (Fsp3) is 0.235. The van der Waals surface area contributed by atoms with Crippen molar-refractivity contribution in [3.63, 3.8) is 0 Å². The summed E-state index contributed by atoms with van der Waals surface area (Å²) in [6, 6.07) is 4.04. The smallest absolute Gasteiger partial charge is 0.341 e. The van der Waals surface area contributed by atoms with Gasteiger partial charge < -0.3 is 10.1 Å². The van der Waals surface area contributed by atoms with Crippen molar-refractivity contribution in [3.05, 3.63) is 44.2 Å². The molecule has 0 aliphatic rings. The lowest BCUT2D eigenvalue weighted by molar-refractivity contribution is 0.0527. The Hall–Kier alpha value is -2.09. The number of ether oxygens (including phenoxy) is 1. The van der Waals surface area contributed by atoms with Crippen LogP contribution in [0.5, 0.6) is 0 Å². The largest absolute Gasteiger partial charge is 0.462 e. The van der Waals surface area contributed by atoms with Crippen LogP contribution in [0.1, 0.15) is 39.4 Å². The number of amides is 2. The molecule has 2 amide bonds. The maximum atomic E-state index is 12.3. The summed E-state index contributed by atoms with van der Waals surface area (Å²) in [5.74, 6) is -0.797. The Morgan fingerprint density at radius 2 is 1.85 bits per heavy atom. The van der Waals surface area contributed by atoms with Gasteiger partial charge in [0.25, 0.3) is 0 Å². The van der Waals surface area contributed by atoms with Crippen LogP contribution in [0.25, 0.3) is 0 Å². The Bertz CT molecular complexity index is 880. The number of anilines is 2. The lowest BCUT2D eigenvalue weighted by Gasteiger charge is -2.09. The number of thiophene rings is 1. The molecule has 0 radical (unpaired) electrons. The van der Waals surface area contributed by atoms with Gasteiger partial charge in [0, 0.05) is 5.69 Å². The number of hydrogen-bond donors (Lipinski definition) is 2. The molecule has 26 heavy (non-hydrogen) atoms. The number of halogens is 2. The lowest BCUT2D eigenvalue weighted by Crippen LogP contribution is -2.20. The number of carbonyl (C=O) groups excluding carboxylic acids is 3. The number of carbonyl (C=O) groups is 3. The molecular formula is C17H16Cl2N2O4S. The first-order chi connectivity index (χ1) is 12.2. The number of urea groups is 1. The molecule has 0 spiro atoms. The number of Topliss-reactive ketones (excluding diaryl/α,β-unsaturated/α-hetero) is 1. The molecule has 138 valence electrons. The number of rotatable bonds is 5. The Morgan fingerprint density at radius 3 is 2.42 bits per heavy atom. The minimum absolute atomic E-state index is 0.173. The van der Waals surface area contributed by atoms with Gasteiger partial charge in [0.1, 0.15) is 5.00 Å². The third-order valence-electron chi connectivity index (χ3n) is 3.35. The zero-order chi connectivity index (χ0) is 19.4. The number of nitrogens with one attached hydrogen (secondary N) is 2. The fourth-order valence-corrected chi connectivity index (χ4v) is 3.61. The maximum Gasteiger partial charge on any atom is 0.341 e. The molecule has 0 aliphatic heterocycles. The van der Waals surface area contributed by atoms with Gasteiger partial charge in [-0.2, -0.15) is 0 Å². The highest BCUT2D eigenvalue weighted by Gasteiger charge is 2.25. The van der Waals surface area contributed by atoms with E-state index in [4.69, 9.17) is 27.9 Å². The maximum absolute atomic E-state index is 12.3. The molecule has 2 rings (SSSR count). The van der Waals surface area contributed by atoms with Crippen molar-refractivity contribution in [1.82, 2.24) is 0 Å². The highest BCUT2D eigenvalue weighted by atomic mass is 35.5. The second-order valence-electron chi connectivity index (χ2n) is 5.24. The third-order valence-corrected chi connectivity index (χ3v) is 5.40. The monoisotopic (exact) mass is 414 g/mol. The van der Waals surface area contributed by atoms with Crippen LogP contribution in [0.15, 0.2) is 18.2 Å². The van der Waals surface area contributed by atoms with Crippen LogP contribution >= 0.6 is 34.5 Å². The van der Waals surface area contributed by atoms with Crippen LogP contribution in [-0.2, 0) is 4.74 Å². The molecule has 2 N–H and O–H groups in total. The summed E-state index contributed by atoms with van der Waals surface area (Å²) >= 11 is 12.8. The summed E-state index contributed by atoms with van der Waals surface area (Å²) in [4.78, 5) is 36.6. The predicted octanol–water partition coefficient (Wildman–Crippen LogP) is 5.39. The minimum atomic E-state index is -0.599. The highest BCUT2D eigenvalue weighted by molar-refractivity contribution is 7.18. The number of hydrogen-bond acceptors (Lipinski definition) is 5. The van der Waals surface area contributed by atoms with Crippen molar-refractivity contribution >= 4 is 63.0 Å². The van der Waals surface area contributed by atoms with Crippen LogP contribution in [-0.4, -0.2) is 24.4 Å². The summed E-state index contributed by atoms with van der Waals surface area (Å²) in [6.45, 7) is 4.89. The normalized spacial score (nSPS) is 10.3. The summed E-state index contributed by atoms with van der Waals surface area (Å²) in [6.07, 6.45) is 0. The molecule has 0 aliphatic carbocycles. The van der Waals surface area contributed by atoms with E-state index in [0.29, 0.717) is 26.2 Å². The van der Waals surface area contributed by atoms with Gasteiger partial charge in [0.15, 0.2) is 5.78 Å². The Morgan fingerprint density at radius 1 is 1.15 bits per heavy atom. The Labute approximate surface area is 164 Å². The molecular weight excluding hydrogens is 399 g/mol. The van der Waals surface area contributed by atoms with Crippen molar-refractivity contribution < 1.29 is 19.1 Å². The van der Waals surface area contributed by atoms with Crippen molar-refractivity contribution in [2.75, 3.05) is 17.2 Å². The minimum Gasteiger partial charge on any atom is -0.462 e. The number of benzene rings is 1. The van der Waals surface area contributed by atoms with E-state index in [0.717, 1.165) is 11.3 Å².